The molecule has 1 fully saturated rings. The van der Waals surface area contributed by atoms with Crippen molar-refractivity contribution in [3.05, 3.63) is 95.3 Å². The van der Waals surface area contributed by atoms with Crippen molar-refractivity contribution < 1.29 is 29.0 Å². The number of benzene rings is 2. The molecule has 0 saturated carbocycles. The van der Waals surface area contributed by atoms with Crippen LogP contribution < -0.4 is 9.64 Å². The maximum Gasteiger partial charge on any atom is 0.338 e. The van der Waals surface area contributed by atoms with Gasteiger partial charge in [0.25, 0.3) is 11.7 Å². The quantitative estimate of drug-likeness (QED) is 0.258. The maximum atomic E-state index is 13.2. The molecule has 0 spiro atoms. The predicted octanol–water partition coefficient (Wildman–Crippen LogP) is 3.89. The number of ether oxygens (including phenoxy) is 2. The normalized spacial score (nSPS) is 17.0. The summed E-state index contributed by atoms with van der Waals surface area (Å²) in [5, 5.41) is 11.1. The number of carbonyl (C=O) groups is 3. The van der Waals surface area contributed by atoms with Crippen LogP contribution >= 0.6 is 0 Å². The van der Waals surface area contributed by atoms with Crippen LogP contribution in [0.1, 0.15) is 34.5 Å². The summed E-state index contributed by atoms with van der Waals surface area (Å²) in [5.74, 6) is -1.92. The number of rotatable bonds is 6. The summed E-state index contributed by atoms with van der Waals surface area (Å²) in [7, 11) is 1.53. The van der Waals surface area contributed by atoms with Crippen molar-refractivity contribution in [2.75, 3.05) is 18.6 Å². The van der Waals surface area contributed by atoms with Crippen LogP contribution in [0, 0.1) is 0 Å². The number of aromatic nitrogens is 1. The SMILES string of the molecule is CCOC(=O)c1cccc(N2C(=O)C(=O)/C(=C(/O)c3ccncc3)C2c2ccc(OC)cc2)c1. The molecule has 1 amide bonds. The van der Waals surface area contributed by atoms with Crippen molar-refractivity contribution >= 4 is 29.1 Å². The number of carbonyl (C=O) groups excluding carboxylic acids is 3. The van der Waals surface area contributed by atoms with Gasteiger partial charge >= 0.3 is 5.97 Å². The van der Waals surface area contributed by atoms with E-state index in [1.54, 1.807) is 61.5 Å². The maximum absolute atomic E-state index is 13.2. The first-order chi connectivity index (χ1) is 16.5. The fraction of sp³-hybridized carbons (Fsp3) is 0.154. The minimum Gasteiger partial charge on any atom is -0.507 e. The topological polar surface area (TPSA) is 106 Å². The fourth-order valence-electron chi connectivity index (χ4n) is 3.86. The van der Waals surface area contributed by atoms with Crippen LogP contribution in [0.4, 0.5) is 5.69 Å². The minimum atomic E-state index is -0.934. The molecule has 1 N–H and O–H groups in total. The van der Waals surface area contributed by atoms with E-state index in [-0.39, 0.29) is 23.5 Å². The monoisotopic (exact) mass is 458 g/mol. The average molecular weight is 458 g/mol. The molecule has 1 aliphatic heterocycles. The summed E-state index contributed by atoms with van der Waals surface area (Å²) < 4.78 is 10.3. The molecule has 2 heterocycles. The number of aliphatic hydroxyl groups excluding tert-OH is 1. The van der Waals surface area contributed by atoms with Crippen LogP contribution in [-0.2, 0) is 14.3 Å². The van der Waals surface area contributed by atoms with Gasteiger partial charge in [-0.15, -0.1) is 0 Å². The highest BCUT2D eigenvalue weighted by Crippen LogP contribution is 2.42. The summed E-state index contributed by atoms with van der Waals surface area (Å²) in [4.78, 5) is 43.9. The molecule has 0 radical (unpaired) electrons. The van der Waals surface area contributed by atoms with Crippen LogP contribution in [0.15, 0.2) is 78.6 Å². The Kier molecular flexibility index (Phi) is 6.40. The number of esters is 1. The fourth-order valence-corrected chi connectivity index (χ4v) is 3.86. The second-order valence-electron chi connectivity index (χ2n) is 7.45. The number of Topliss-reactive ketones (excluding diaryl/α,β-unsaturated/α-hetero) is 1. The molecular formula is C26H22N2O6. The Bertz CT molecular complexity index is 1270. The lowest BCUT2D eigenvalue weighted by atomic mass is 9.95. The van der Waals surface area contributed by atoms with E-state index >= 15 is 0 Å². The van der Waals surface area contributed by atoms with E-state index in [0.717, 1.165) is 0 Å². The number of hydrogen-bond acceptors (Lipinski definition) is 7. The van der Waals surface area contributed by atoms with Gasteiger partial charge < -0.3 is 14.6 Å². The minimum absolute atomic E-state index is 0.0668. The molecule has 1 unspecified atom stereocenters. The van der Waals surface area contributed by atoms with Gasteiger partial charge in [0, 0.05) is 23.6 Å². The summed E-state index contributed by atoms with van der Waals surface area (Å²) in [6.45, 7) is 1.90. The van der Waals surface area contributed by atoms with E-state index in [1.807, 2.05) is 0 Å². The third kappa shape index (κ3) is 4.13. The Hall–Kier alpha value is -4.46. The zero-order valence-electron chi connectivity index (χ0n) is 18.6. The molecule has 0 bridgehead atoms. The summed E-state index contributed by atoms with van der Waals surface area (Å²) in [6.07, 6.45) is 2.96. The first-order valence-electron chi connectivity index (χ1n) is 10.6. The van der Waals surface area contributed by atoms with Gasteiger partial charge in [-0.05, 0) is 55.0 Å². The number of ketones is 1. The van der Waals surface area contributed by atoms with Crippen LogP contribution in [0.2, 0.25) is 0 Å². The zero-order valence-corrected chi connectivity index (χ0v) is 18.6. The van der Waals surface area contributed by atoms with Crippen molar-refractivity contribution in [1.29, 1.82) is 0 Å². The van der Waals surface area contributed by atoms with Crippen molar-refractivity contribution in [3.8, 4) is 5.75 Å². The highest BCUT2D eigenvalue weighted by atomic mass is 16.5. The number of hydrogen-bond donors (Lipinski definition) is 1. The molecule has 1 saturated heterocycles. The summed E-state index contributed by atoms with van der Waals surface area (Å²) in [6, 6.07) is 15.3. The van der Waals surface area contributed by atoms with E-state index in [9.17, 15) is 19.5 Å². The molecule has 8 nitrogen and oxygen atoms in total. The van der Waals surface area contributed by atoms with Crippen molar-refractivity contribution in [3.63, 3.8) is 0 Å². The van der Waals surface area contributed by atoms with Crippen molar-refractivity contribution in [2.24, 2.45) is 0 Å². The van der Waals surface area contributed by atoms with E-state index in [1.165, 1.54) is 30.5 Å². The van der Waals surface area contributed by atoms with Gasteiger partial charge in [0.05, 0.1) is 30.9 Å². The van der Waals surface area contributed by atoms with Crippen LogP contribution in [0.3, 0.4) is 0 Å². The lowest BCUT2D eigenvalue weighted by Crippen LogP contribution is -2.29. The first-order valence-corrected chi connectivity index (χ1v) is 10.6. The Balaban J connectivity index is 1.90. The smallest absolute Gasteiger partial charge is 0.338 e. The second kappa shape index (κ2) is 9.58. The van der Waals surface area contributed by atoms with E-state index in [2.05, 4.69) is 4.98 Å². The second-order valence-corrected chi connectivity index (χ2v) is 7.45. The van der Waals surface area contributed by atoms with Gasteiger partial charge in [0.15, 0.2) is 0 Å². The number of anilines is 1. The van der Waals surface area contributed by atoms with E-state index in [0.29, 0.717) is 22.6 Å². The number of nitrogens with zero attached hydrogens (tertiary/aromatic N) is 2. The zero-order chi connectivity index (χ0) is 24.2. The number of methoxy groups -OCH3 is 1. The Morgan fingerprint density at radius 2 is 1.74 bits per heavy atom. The van der Waals surface area contributed by atoms with E-state index < -0.39 is 23.7 Å². The Morgan fingerprint density at radius 1 is 1.03 bits per heavy atom. The van der Waals surface area contributed by atoms with Crippen molar-refractivity contribution in [2.45, 2.75) is 13.0 Å². The molecule has 0 aliphatic carbocycles. The van der Waals surface area contributed by atoms with Crippen LogP contribution in [0.5, 0.6) is 5.75 Å². The number of aliphatic hydroxyl groups is 1. The average Bonchev–Trinajstić information content (AvgIpc) is 3.14. The molecule has 2 aromatic carbocycles. The van der Waals surface area contributed by atoms with Gasteiger partial charge in [0.2, 0.25) is 0 Å². The molecular weight excluding hydrogens is 436 g/mol. The lowest BCUT2D eigenvalue weighted by Gasteiger charge is -2.26. The number of amides is 1. The van der Waals surface area contributed by atoms with E-state index in [4.69, 9.17) is 9.47 Å². The molecule has 3 aromatic rings. The standard InChI is InChI=1S/C26H22N2O6/c1-3-34-26(32)18-5-4-6-19(15-18)28-22(16-7-9-20(33-2)10-8-16)21(24(30)25(28)31)23(29)17-11-13-27-14-12-17/h4-15,22,29H,3H2,1-2H3/b23-21+. The molecule has 172 valence electrons. The summed E-state index contributed by atoms with van der Waals surface area (Å²) >= 11 is 0. The predicted molar refractivity (Wildman–Crippen MR) is 124 cm³/mol. The molecule has 1 aromatic heterocycles. The first kappa shape index (κ1) is 22.7. The molecule has 1 atom stereocenters. The van der Waals surface area contributed by atoms with Crippen LogP contribution in [-0.4, -0.2) is 41.5 Å². The highest BCUT2D eigenvalue weighted by Gasteiger charge is 2.47. The molecule has 1 aliphatic rings. The van der Waals surface area contributed by atoms with Crippen LogP contribution in [0.25, 0.3) is 5.76 Å². The lowest BCUT2D eigenvalue weighted by molar-refractivity contribution is -0.132. The largest absolute Gasteiger partial charge is 0.507 e. The molecule has 4 rings (SSSR count). The Morgan fingerprint density at radius 3 is 2.38 bits per heavy atom. The third-order valence-electron chi connectivity index (χ3n) is 5.47. The van der Waals surface area contributed by atoms with Gasteiger partial charge in [-0.3, -0.25) is 19.5 Å². The molecule has 34 heavy (non-hydrogen) atoms. The summed E-state index contributed by atoms with van der Waals surface area (Å²) in [5.41, 5.74) is 1.43. The number of pyridine rings is 1. The Labute approximate surface area is 196 Å². The van der Waals surface area contributed by atoms with Gasteiger partial charge in [-0.25, -0.2) is 4.79 Å². The van der Waals surface area contributed by atoms with Gasteiger partial charge in [0.1, 0.15) is 11.5 Å². The highest BCUT2D eigenvalue weighted by molar-refractivity contribution is 6.51. The third-order valence-corrected chi connectivity index (χ3v) is 5.47. The molecule has 8 heteroatoms. The van der Waals surface area contributed by atoms with Crippen molar-refractivity contribution in [1.82, 2.24) is 4.98 Å². The van der Waals surface area contributed by atoms with Gasteiger partial charge in [-0.1, -0.05) is 18.2 Å². The van der Waals surface area contributed by atoms with Gasteiger partial charge in [-0.2, -0.15) is 0 Å².